The van der Waals surface area contributed by atoms with Gasteiger partial charge < -0.3 is 26.8 Å². The number of thioether (sulfide) groups is 1. The van der Waals surface area contributed by atoms with Gasteiger partial charge in [-0.15, -0.1) is 0 Å². The van der Waals surface area contributed by atoms with E-state index >= 15 is 0 Å². The van der Waals surface area contributed by atoms with Crippen LogP contribution in [0.25, 0.3) is 0 Å². The highest BCUT2D eigenvalue weighted by Gasteiger charge is 2.25. The number of rotatable bonds is 13. The number of hydrogen-bond donors (Lipinski definition) is 6. The molecule has 9 nitrogen and oxygen atoms in total. The normalized spacial score (nSPS) is 14.1. The lowest BCUT2D eigenvalue weighted by Crippen LogP contribution is -2.54. The lowest BCUT2D eigenvalue weighted by atomic mass is 10.0. The predicted octanol–water partition coefficient (Wildman–Crippen LogP) is -0.787. The molecule has 3 unspecified atom stereocenters. The first-order chi connectivity index (χ1) is 12.6. The highest BCUT2D eigenvalue weighted by Crippen LogP contribution is 2.05. The Bertz CT molecular complexity index is 519. The summed E-state index contributed by atoms with van der Waals surface area (Å²) in [5.74, 6) is -2.02. The Morgan fingerprint density at radius 3 is 2.22 bits per heavy atom. The Kier molecular flexibility index (Phi) is 12.9. The first kappa shape index (κ1) is 25.5. The lowest BCUT2D eigenvalue weighted by molar-refractivity contribution is -0.141. The van der Waals surface area contributed by atoms with Crippen molar-refractivity contribution in [2.24, 2.45) is 11.7 Å². The van der Waals surface area contributed by atoms with Crippen molar-refractivity contribution in [3.05, 3.63) is 0 Å². The van der Waals surface area contributed by atoms with Crippen molar-refractivity contribution in [1.82, 2.24) is 16.0 Å². The monoisotopic (exact) mass is 422 g/mol. The van der Waals surface area contributed by atoms with Gasteiger partial charge in [0.2, 0.25) is 17.7 Å². The molecule has 0 rings (SSSR count). The number of amides is 3. The summed E-state index contributed by atoms with van der Waals surface area (Å²) in [6.45, 7) is 3.48. The largest absolute Gasteiger partial charge is 0.480 e. The van der Waals surface area contributed by atoms with Crippen molar-refractivity contribution < 1.29 is 24.3 Å². The fourth-order valence-corrected chi connectivity index (χ4v) is 2.84. The molecular formula is C16H30N4O5S2. The summed E-state index contributed by atoms with van der Waals surface area (Å²) in [7, 11) is 0. The van der Waals surface area contributed by atoms with Crippen molar-refractivity contribution >= 4 is 48.1 Å². The summed E-state index contributed by atoms with van der Waals surface area (Å²) in [6.07, 6.45) is 2.74. The minimum atomic E-state index is -1.21. The predicted molar refractivity (Wildman–Crippen MR) is 109 cm³/mol. The summed E-state index contributed by atoms with van der Waals surface area (Å²) in [6, 6.07) is -2.68. The number of nitrogens with one attached hydrogen (secondary N) is 3. The molecule has 0 aliphatic heterocycles. The maximum absolute atomic E-state index is 12.3. The number of carboxylic acid groups (broad SMARTS) is 1. The van der Waals surface area contributed by atoms with Crippen LogP contribution in [0.4, 0.5) is 0 Å². The second-order valence-corrected chi connectivity index (χ2v) is 7.79. The van der Waals surface area contributed by atoms with Gasteiger partial charge in [-0.1, -0.05) is 13.8 Å². The molecule has 11 heteroatoms. The summed E-state index contributed by atoms with van der Waals surface area (Å²) in [5, 5.41) is 16.2. The van der Waals surface area contributed by atoms with Gasteiger partial charge in [-0.3, -0.25) is 14.4 Å². The van der Waals surface area contributed by atoms with Gasteiger partial charge in [0.15, 0.2) is 0 Å². The number of aliphatic carboxylic acids is 1. The topological polar surface area (TPSA) is 151 Å². The SMILES string of the molecule is CSCCC(NC(=O)C(N)CC(C)C)C(=O)NCC(=O)NC(CS)C(=O)O. The van der Waals surface area contributed by atoms with Crippen LogP contribution in [0.2, 0.25) is 0 Å². The van der Waals surface area contributed by atoms with E-state index in [-0.39, 0.29) is 11.7 Å². The summed E-state index contributed by atoms with van der Waals surface area (Å²) in [5.41, 5.74) is 5.84. The molecule has 27 heavy (non-hydrogen) atoms. The second kappa shape index (κ2) is 13.7. The highest BCUT2D eigenvalue weighted by molar-refractivity contribution is 7.98. The van der Waals surface area contributed by atoms with E-state index in [1.54, 1.807) is 0 Å². The number of carbonyl (C=O) groups is 4. The van der Waals surface area contributed by atoms with E-state index in [9.17, 15) is 19.2 Å². The molecule has 6 N–H and O–H groups in total. The van der Waals surface area contributed by atoms with Gasteiger partial charge in [-0.05, 0) is 30.8 Å². The van der Waals surface area contributed by atoms with Gasteiger partial charge in [0, 0.05) is 5.75 Å². The molecule has 0 aliphatic rings. The van der Waals surface area contributed by atoms with Gasteiger partial charge in [-0.25, -0.2) is 4.79 Å². The zero-order chi connectivity index (χ0) is 21.0. The third kappa shape index (κ3) is 11.1. The molecule has 0 aromatic rings. The van der Waals surface area contributed by atoms with Crippen LogP contribution in [0.3, 0.4) is 0 Å². The Morgan fingerprint density at radius 2 is 1.74 bits per heavy atom. The molecule has 156 valence electrons. The molecule has 0 aliphatic carbocycles. The average molecular weight is 423 g/mol. The molecule has 3 amide bonds. The van der Waals surface area contributed by atoms with E-state index in [0.29, 0.717) is 18.6 Å². The summed E-state index contributed by atoms with van der Waals surface area (Å²) >= 11 is 5.36. The van der Waals surface area contributed by atoms with E-state index in [0.717, 1.165) is 0 Å². The fourth-order valence-electron chi connectivity index (χ4n) is 2.12. The van der Waals surface area contributed by atoms with E-state index in [1.165, 1.54) is 11.8 Å². The van der Waals surface area contributed by atoms with Crippen LogP contribution in [0, 0.1) is 5.92 Å². The summed E-state index contributed by atoms with van der Waals surface area (Å²) < 4.78 is 0. The maximum Gasteiger partial charge on any atom is 0.327 e. The molecular weight excluding hydrogens is 392 g/mol. The van der Waals surface area contributed by atoms with Crippen LogP contribution in [0.15, 0.2) is 0 Å². The lowest BCUT2D eigenvalue weighted by Gasteiger charge is -2.21. The zero-order valence-corrected chi connectivity index (χ0v) is 17.6. The Hall–Kier alpha value is -1.46. The van der Waals surface area contributed by atoms with Crippen molar-refractivity contribution in [2.45, 2.75) is 44.8 Å². The molecule has 0 aromatic heterocycles. The molecule has 0 bridgehead atoms. The zero-order valence-electron chi connectivity index (χ0n) is 15.9. The molecule has 0 saturated heterocycles. The van der Waals surface area contributed by atoms with Crippen LogP contribution in [0.5, 0.6) is 0 Å². The van der Waals surface area contributed by atoms with Gasteiger partial charge in [0.25, 0.3) is 0 Å². The quantitative estimate of drug-likeness (QED) is 0.213. The van der Waals surface area contributed by atoms with Crippen LogP contribution in [-0.2, 0) is 19.2 Å². The van der Waals surface area contributed by atoms with Gasteiger partial charge in [0.05, 0.1) is 12.6 Å². The number of nitrogens with two attached hydrogens (primary N) is 1. The van der Waals surface area contributed by atoms with Gasteiger partial charge in [0.1, 0.15) is 12.1 Å². The maximum atomic E-state index is 12.3. The Morgan fingerprint density at radius 1 is 1.11 bits per heavy atom. The van der Waals surface area contributed by atoms with Crippen molar-refractivity contribution in [3.8, 4) is 0 Å². The first-order valence-corrected chi connectivity index (χ1v) is 10.6. The number of carbonyl (C=O) groups excluding carboxylic acids is 3. The molecule has 0 saturated carbocycles. The summed E-state index contributed by atoms with van der Waals surface area (Å²) in [4.78, 5) is 47.2. The molecule has 0 spiro atoms. The van der Waals surface area contributed by atoms with Crippen molar-refractivity contribution in [3.63, 3.8) is 0 Å². The van der Waals surface area contributed by atoms with Gasteiger partial charge in [-0.2, -0.15) is 24.4 Å². The van der Waals surface area contributed by atoms with E-state index in [1.807, 2.05) is 20.1 Å². The van der Waals surface area contributed by atoms with Crippen molar-refractivity contribution in [1.29, 1.82) is 0 Å². The van der Waals surface area contributed by atoms with Crippen LogP contribution >= 0.6 is 24.4 Å². The van der Waals surface area contributed by atoms with Crippen molar-refractivity contribution in [2.75, 3.05) is 24.3 Å². The van der Waals surface area contributed by atoms with E-state index in [2.05, 4.69) is 28.6 Å². The highest BCUT2D eigenvalue weighted by atomic mass is 32.2. The molecule has 0 radical (unpaired) electrons. The van der Waals surface area contributed by atoms with Gasteiger partial charge >= 0.3 is 5.97 Å². The fraction of sp³-hybridized carbons (Fsp3) is 0.750. The average Bonchev–Trinajstić information content (AvgIpc) is 2.59. The Balaban J connectivity index is 4.70. The van der Waals surface area contributed by atoms with Crippen LogP contribution in [0.1, 0.15) is 26.7 Å². The second-order valence-electron chi connectivity index (χ2n) is 6.44. The van der Waals surface area contributed by atoms with E-state index < -0.39 is 48.4 Å². The molecule has 0 heterocycles. The minimum Gasteiger partial charge on any atom is -0.480 e. The number of thiol groups is 1. The minimum absolute atomic E-state index is 0.0742. The molecule has 3 atom stereocenters. The number of carboxylic acids is 1. The first-order valence-electron chi connectivity index (χ1n) is 8.57. The third-order valence-corrected chi connectivity index (χ3v) is 4.55. The van der Waals surface area contributed by atoms with E-state index in [4.69, 9.17) is 10.8 Å². The van der Waals surface area contributed by atoms with Crippen LogP contribution in [-0.4, -0.2) is 71.2 Å². The standard InChI is InChI=1S/C16H30N4O5S2/c1-9(2)6-10(17)14(22)20-11(4-5-27-3)15(23)18-7-13(21)19-12(8-26)16(24)25/h9-12,26H,4-8,17H2,1-3H3,(H,18,23)(H,19,21)(H,20,22)(H,24,25). The third-order valence-electron chi connectivity index (χ3n) is 3.54. The molecule has 0 aromatic carbocycles. The van der Waals surface area contributed by atoms with Crippen LogP contribution < -0.4 is 21.7 Å². The Labute approximate surface area is 169 Å². The smallest absolute Gasteiger partial charge is 0.327 e. The number of hydrogen-bond acceptors (Lipinski definition) is 7. The molecule has 0 fully saturated rings.